The number of esters is 2. The van der Waals surface area contributed by atoms with Crippen LogP contribution in [0.25, 0.3) is 0 Å². The fraction of sp³-hybridized carbons (Fsp3) is 0.786. The van der Waals surface area contributed by atoms with Crippen molar-refractivity contribution in [3.8, 4) is 0 Å². The molecular formula is C14H27NO8. The Morgan fingerprint density at radius 1 is 1.26 bits per heavy atom. The average molecular weight is 337 g/mol. The van der Waals surface area contributed by atoms with Crippen molar-refractivity contribution < 1.29 is 39.2 Å². The first kappa shape index (κ1) is 23.6. The molecule has 0 aliphatic carbocycles. The lowest BCUT2D eigenvalue weighted by atomic mass is 10.1. The highest BCUT2D eigenvalue weighted by Gasteiger charge is 2.22. The Kier molecular flexibility index (Phi) is 12.1. The second-order valence-electron chi connectivity index (χ2n) is 5.44. The zero-order valence-corrected chi connectivity index (χ0v) is 13.9. The van der Waals surface area contributed by atoms with E-state index in [1.54, 1.807) is 13.8 Å². The van der Waals surface area contributed by atoms with Gasteiger partial charge in [0, 0.05) is 0 Å². The Labute approximate surface area is 135 Å². The minimum Gasteiger partial charge on any atom is -0.480 e. The van der Waals surface area contributed by atoms with Gasteiger partial charge in [0.05, 0.1) is 18.6 Å². The van der Waals surface area contributed by atoms with E-state index in [9.17, 15) is 19.5 Å². The lowest BCUT2D eigenvalue weighted by molar-refractivity contribution is -0.165. The summed E-state index contributed by atoms with van der Waals surface area (Å²) in [6.07, 6.45) is -1.63. The third-order valence-electron chi connectivity index (χ3n) is 2.20. The highest BCUT2D eigenvalue weighted by molar-refractivity contribution is 5.74. The summed E-state index contributed by atoms with van der Waals surface area (Å²) >= 11 is 0. The van der Waals surface area contributed by atoms with Crippen LogP contribution in [0.1, 0.15) is 40.5 Å². The Morgan fingerprint density at radius 2 is 1.74 bits per heavy atom. The van der Waals surface area contributed by atoms with Crippen molar-refractivity contribution in [2.24, 2.45) is 5.73 Å². The zero-order chi connectivity index (χ0) is 18.6. The van der Waals surface area contributed by atoms with E-state index in [4.69, 9.17) is 19.7 Å². The van der Waals surface area contributed by atoms with Crippen LogP contribution in [0.5, 0.6) is 0 Å². The molecule has 23 heavy (non-hydrogen) atoms. The van der Waals surface area contributed by atoms with Gasteiger partial charge in [-0.1, -0.05) is 6.92 Å². The van der Waals surface area contributed by atoms with E-state index in [0.29, 0.717) is 0 Å². The first-order valence-corrected chi connectivity index (χ1v) is 7.11. The first-order chi connectivity index (χ1) is 10.4. The Morgan fingerprint density at radius 3 is 2.09 bits per heavy atom. The van der Waals surface area contributed by atoms with Crippen LogP contribution < -0.4 is 5.73 Å². The quantitative estimate of drug-likeness (QED) is 0.425. The van der Waals surface area contributed by atoms with E-state index in [2.05, 4.69) is 5.73 Å². The maximum Gasteiger partial charge on any atom is 0.335 e. The van der Waals surface area contributed by atoms with Crippen LogP contribution in [-0.4, -0.2) is 64.2 Å². The molecule has 0 bridgehead atoms. The Bertz CT molecular complexity index is 377. The number of carboxylic acids is 1. The number of hydrogen-bond acceptors (Lipinski definition) is 8. The van der Waals surface area contributed by atoms with E-state index in [1.807, 2.05) is 0 Å². The molecule has 0 amide bonds. The van der Waals surface area contributed by atoms with Gasteiger partial charge < -0.3 is 30.5 Å². The van der Waals surface area contributed by atoms with Gasteiger partial charge in [0.1, 0.15) is 12.7 Å². The molecule has 2 unspecified atom stereocenters. The molecule has 0 aromatic heterocycles. The molecule has 0 fully saturated rings. The molecule has 0 radical (unpaired) electrons. The number of carbonyl (C=O) groups excluding carboxylic acids is 2. The van der Waals surface area contributed by atoms with Gasteiger partial charge in [-0.3, -0.25) is 9.59 Å². The maximum absolute atomic E-state index is 11.3. The summed E-state index contributed by atoms with van der Waals surface area (Å²) in [5.41, 5.74) is 3.44. The molecule has 0 spiro atoms. The van der Waals surface area contributed by atoms with E-state index in [1.165, 1.54) is 13.8 Å². The van der Waals surface area contributed by atoms with Crippen molar-refractivity contribution >= 4 is 17.9 Å². The van der Waals surface area contributed by atoms with Crippen molar-refractivity contribution in [2.45, 2.75) is 58.3 Å². The normalized spacial score (nSPS) is 13.2. The number of rotatable bonds is 8. The summed E-state index contributed by atoms with van der Waals surface area (Å²) in [6, 6.07) is 0. The second-order valence-corrected chi connectivity index (χ2v) is 5.44. The molecule has 136 valence electrons. The first-order valence-electron chi connectivity index (χ1n) is 7.11. The van der Waals surface area contributed by atoms with Crippen LogP contribution in [0.3, 0.4) is 0 Å². The van der Waals surface area contributed by atoms with Gasteiger partial charge in [-0.15, -0.1) is 0 Å². The Hall–Kier alpha value is -1.71. The van der Waals surface area contributed by atoms with Crippen molar-refractivity contribution in [1.29, 1.82) is 0 Å². The number of ether oxygens (including phenoxy) is 2. The standard InChI is InChI=1S/C12H22O6.C2H5NO2/c1-5-9(13)11(15)17-7-8(2)18-10(14)6-12(3,4)16;3-1-2(4)5/h8-9,13,16H,5-7H2,1-4H3;1,3H2,(H,4,5). The molecule has 0 aliphatic heterocycles. The summed E-state index contributed by atoms with van der Waals surface area (Å²) in [5, 5.41) is 26.2. The second kappa shape index (κ2) is 11.8. The number of nitrogens with two attached hydrogens (primary N) is 1. The van der Waals surface area contributed by atoms with Crippen molar-refractivity contribution in [2.75, 3.05) is 13.2 Å². The molecule has 9 nitrogen and oxygen atoms in total. The zero-order valence-electron chi connectivity index (χ0n) is 13.9. The van der Waals surface area contributed by atoms with Gasteiger partial charge in [0.2, 0.25) is 0 Å². The average Bonchev–Trinajstić information content (AvgIpc) is 2.42. The number of aliphatic carboxylic acids is 1. The number of carbonyl (C=O) groups is 3. The van der Waals surface area contributed by atoms with E-state index in [0.717, 1.165) is 0 Å². The maximum atomic E-state index is 11.3. The van der Waals surface area contributed by atoms with Crippen LogP contribution in [0.15, 0.2) is 0 Å². The molecule has 0 rings (SSSR count). The summed E-state index contributed by atoms with van der Waals surface area (Å²) in [7, 11) is 0. The minimum atomic E-state index is -1.15. The monoisotopic (exact) mass is 337 g/mol. The smallest absolute Gasteiger partial charge is 0.335 e. The number of carboxylic acid groups (broad SMARTS) is 1. The van der Waals surface area contributed by atoms with Gasteiger partial charge in [-0.05, 0) is 27.2 Å². The number of aliphatic hydroxyl groups excluding tert-OH is 1. The lowest BCUT2D eigenvalue weighted by Gasteiger charge is -2.19. The molecule has 0 heterocycles. The molecule has 0 saturated carbocycles. The fourth-order valence-electron chi connectivity index (χ4n) is 1.12. The molecular weight excluding hydrogens is 310 g/mol. The van der Waals surface area contributed by atoms with Crippen LogP contribution in [0, 0.1) is 0 Å². The molecule has 2 atom stereocenters. The summed E-state index contributed by atoms with van der Waals surface area (Å²) in [6.45, 7) is 5.81. The van der Waals surface area contributed by atoms with Crippen molar-refractivity contribution in [3.63, 3.8) is 0 Å². The van der Waals surface area contributed by atoms with Crippen molar-refractivity contribution in [1.82, 2.24) is 0 Å². The van der Waals surface area contributed by atoms with Gasteiger partial charge >= 0.3 is 17.9 Å². The fourth-order valence-corrected chi connectivity index (χ4v) is 1.12. The molecule has 5 N–H and O–H groups in total. The molecule has 0 aromatic carbocycles. The lowest BCUT2D eigenvalue weighted by Crippen LogP contribution is -2.30. The third-order valence-corrected chi connectivity index (χ3v) is 2.20. The minimum absolute atomic E-state index is 0.118. The van der Waals surface area contributed by atoms with Crippen LogP contribution in [0.4, 0.5) is 0 Å². The van der Waals surface area contributed by atoms with E-state index in [-0.39, 0.29) is 26.0 Å². The predicted molar refractivity (Wildman–Crippen MR) is 80.4 cm³/mol. The summed E-state index contributed by atoms with van der Waals surface area (Å²) < 4.78 is 9.69. The van der Waals surface area contributed by atoms with E-state index < -0.39 is 35.7 Å². The number of aliphatic hydroxyl groups is 2. The highest BCUT2D eigenvalue weighted by atomic mass is 16.6. The van der Waals surface area contributed by atoms with Gasteiger partial charge in [0.15, 0.2) is 6.10 Å². The summed E-state index contributed by atoms with van der Waals surface area (Å²) in [5.74, 6) is -2.27. The number of hydrogen-bond donors (Lipinski definition) is 4. The Balaban J connectivity index is 0. The largest absolute Gasteiger partial charge is 0.480 e. The molecule has 0 aliphatic rings. The van der Waals surface area contributed by atoms with Crippen LogP contribution in [0.2, 0.25) is 0 Å². The van der Waals surface area contributed by atoms with Gasteiger partial charge in [-0.2, -0.15) is 0 Å². The third kappa shape index (κ3) is 16.5. The topological polar surface area (TPSA) is 156 Å². The van der Waals surface area contributed by atoms with Crippen molar-refractivity contribution in [3.05, 3.63) is 0 Å². The molecule has 0 saturated heterocycles. The SMILES string of the molecule is CCC(O)C(=O)OCC(C)OC(=O)CC(C)(C)O.NCC(=O)O. The van der Waals surface area contributed by atoms with Crippen LogP contribution >= 0.6 is 0 Å². The molecule has 9 heteroatoms. The summed E-state index contributed by atoms with van der Waals surface area (Å²) in [4.78, 5) is 31.7. The van der Waals surface area contributed by atoms with E-state index >= 15 is 0 Å². The predicted octanol–water partition coefficient (Wildman–Crippen LogP) is -0.577. The van der Waals surface area contributed by atoms with Crippen LogP contribution in [-0.2, 0) is 23.9 Å². The molecule has 0 aromatic rings. The van der Waals surface area contributed by atoms with Gasteiger partial charge in [0.25, 0.3) is 0 Å². The highest BCUT2D eigenvalue weighted by Crippen LogP contribution is 2.09. The van der Waals surface area contributed by atoms with Gasteiger partial charge in [-0.25, -0.2) is 4.79 Å².